The van der Waals surface area contributed by atoms with Gasteiger partial charge in [0.15, 0.2) is 5.69 Å². The van der Waals surface area contributed by atoms with Crippen molar-refractivity contribution in [3.63, 3.8) is 0 Å². The fourth-order valence-electron chi connectivity index (χ4n) is 0.787. The Labute approximate surface area is 85.9 Å². The molecule has 0 saturated heterocycles. The van der Waals surface area contributed by atoms with E-state index < -0.39 is 26.3 Å². The smallest absolute Gasteiger partial charge is 0.361 e. The first kappa shape index (κ1) is 12.9. The summed E-state index contributed by atoms with van der Waals surface area (Å²) in [5.74, 6) is -0.230. The lowest BCUT2D eigenvalue weighted by Gasteiger charge is -2.15. The monoisotopic (exact) mass is 265 g/mol. The summed E-state index contributed by atoms with van der Waals surface area (Å²) < 4.78 is 86.9. The minimum Gasteiger partial charge on any atom is -0.361 e. The lowest BCUT2D eigenvalue weighted by Crippen LogP contribution is -2.37. The van der Waals surface area contributed by atoms with Crippen LogP contribution in [0.3, 0.4) is 0 Å². The summed E-state index contributed by atoms with van der Waals surface area (Å²) in [5.41, 5.74) is -7.66. The van der Waals surface area contributed by atoms with Gasteiger partial charge in [-0.05, 0) is 6.92 Å². The van der Waals surface area contributed by atoms with Gasteiger partial charge in [-0.15, -0.1) is 0 Å². The standard InChI is InChI=1S/C6H4F5NO3S/c1-3-2-4(12-15-3)5(7,8)16(13,14)6(9,10)11/h2H,1H3. The van der Waals surface area contributed by atoms with E-state index >= 15 is 0 Å². The van der Waals surface area contributed by atoms with E-state index in [0.29, 0.717) is 6.07 Å². The third-order valence-corrected chi connectivity index (χ3v) is 3.06. The van der Waals surface area contributed by atoms with Crippen LogP contribution in [0.4, 0.5) is 22.0 Å². The number of nitrogens with zero attached hydrogens (tertiary/aromatic N) is 1. The second-order valence-electron chi connectivity index (χ2n) is 2.79. The van der Waals surface area contributed by atoms with E-state index in [1.54, 1.807) is 0 Å². The highest BCUT2D eigenvalue weighted by atomic mass is 32.2. The first-order valence-corrected chi connectivity index (χ1v) is 5.11. The van der Waals surface area contributed by atoms with Gasteiger partial charge in [-0.3, -0.25) is 0 Å². The molecule has 0 spiro atoms. The molecule has 0 atom stereocenters. The third-order valence-electron chi connectivity index (χ3n) is 1.57. The van der Waals surface area contributed by atoms with Crippen LogP contribution in [0.25, 0.3) is 0 Å². The second kappa shape index (κ2) is 3.40. The zero-order chi connectivity index (χ0) is 12.8. The Bertz CT molecular complexity index is 489. The van der Waals surface area contributed by atoms with Gasteiger partial charge in [-0.2, -0.15) is 22.0 Å². The van der Waals surface area contributed by atoms with Gasteiger partial charge in [0.1, 0.15) is 5.76 Å². The van der Waals surface area contributed by atoms with Crippen molar-refractivity contribution in [2.75, 3.05) is 0 Å². The molecule has 4 nitrogen and oxygen atoms in total. The molecule has 92 valence electrons. The molecule has 0 N–H and O–H groups in total. The number of aryl methyl sites for hydroxylation is 1. The maximum absolute atomic E-state index is 13.0. The Morgan fingerprint density at radius 2 is 1.75 bits per heavy atom. The fourth-order valence-corrected chi connectivity index (χ4v) is 1.45. The molecule has 1 aromatic rings. The highest BCUT2D eigenvalue weighted by Crippen LogP contribution is 2.42. The summed E-state index contributed by atoms with van der Waals surface area (Å²) in [7, 11) is -6.67. The molecule has 0 aliphatic rings. The van der Waals surface area contributed by atoms with Crippen LogP contribution < -0.4 is 0 Å². The molecule has 1 heterocycles. The number of aromatic nitrogens is 1. The van der Waals surface area contributed by atoms with Crippen LogP contribution in [-0.4, -0.2) is 19.1 Å². The summed E-state index contributed by atoms with van der Waals surface area (Å²) >= 11 is 0. The van der Waals surface area contributed by atoms with E-state index in [0.717, 1.165) is 6.92 Å². The van der Waals surface area contributed by atoms with E-state index in [-0.39, 0.29) is 5.76 Å². The zero-order valence-corrected chi connectivity index (χ0v) is 8.36. The summed E-state index contributed by atoms with van der Waals surface area (Å²) in [6.07, 6.45) is 0. The molecule has 10 heteroatoms. The Morgan fingerprint density at radius 3 is 2.06 bits per heavy atom. The van der Waals surface area contributed by atoms with Gasteiger partial charge < -0.3 is 4.52 Å². The van der Waals surface area contributed by atoms with E-state index in [2.05, 4.69) is 9.68 Å². The molecule has 1 rings (SSSR count). The number of alkyl halides is 5. The molecule has 0 aliphatic heterocycles. The quantitative estimate of drug-likeness (QED) is 0.767. The predicted octanol–water partition coefficient (Wildman–Crippen LogP) is 1.97. The second-order valence-corrected chi connectivity index (χ2v) is 4.77. The molecular formula is C6H4F5NO3S. The van der Waals surface area contributed by atoms with Crippen molar-refractivity contribution in [3.8, 4) is 0 Å². The topological polar surface area (TPSA) is 60.2 Å². The van der Waals surface area contributed by atoms with Gasteiger partial charge in [0.25, 0.3) is 0 Å². The van der Waals surface area contributed by atoms with E-state index in [1.165, 1.54) is 0 Å². The van der Waals surface area contributed by atoms with Gasteiger partial charge >= 0.3 is 20.6 Å². The Kier molecular flexibility index (Phi) is 2.74. The van der Waals surface area contributed by atoms with Crippen molar-refractivity contribution < 1.29 is 34.9 Å². The van der Waals surface area contributed by atoms with Crippen molar-refractivity contribution in [1.29, 1.82) is 0 Å². The molecule has 0 fully saturated rings. The van der Waals surface area contributed by atoms with Gasteiger partial charge in [0.05, 0.1) is 0 Å². The van der Waals surface area contributed by atoms with Crippen LogP contribution in [0, 0.1) is 6.92 Å². The minimum atomic E-state index is -6.67. The normalized spacial score (nSPS) is 14.1. The molecule has 0 aromatic carbocycles. The number of sulfone groups is 1. The third kappa shape index (κ3) is 1.77. The Balaban J connectivity index is 3.33. The molecule has 16 heavy (non-hydrogen) atoms. The van der Waals surface area contributed by atoms with E-state index in [1.807, 2.05) is 0 Å². The average Bonchev–Trinajstić information content (AvgIpc) is 2.49. The summed E-state index contributed by atoms with van der Waals surface area (Å²) in [4.78, 5) is 0. The predicted molar refractivity (Wildman–Crippen MR) is 40.1 cm³/mol. The van der Waals surface area contributed by atoms with Gasteiger partial charge in [0, 0.05) is 6.07 Å². The molecule has 0 amide bonds. The highest BCUT2D eigenvalue weighted by molar-refractivity contribution is 7.92. The number of halogens is 5. The molecule has 1 aromatic heterocycles. The molecular weight excluding hydrogens is 261 g/mol. The molecule has 0 unspecified atom stereocenters. The maximum atomic E-state index is 13.0. The van der Waals surface area contributed by atoms with Crippen molar-refractivity contribution in [2.24, 2.45) is 0 Å². The highest BCUT2D eigenvalue weighted by Gasteiger charge is 2.64. The maximum Gasteiger partial charge on any atom is 0.503 e. The molecule has 0 radical (unpaired) electrons. The largest absolute Gasteiger partial charge is 0.503 e. The first-order valence-electron chi connectivity index (χ1n) is 3.62. The van der Waals surface area contributed by atoms with Crippen LogP contribution in [0.5, 0.6) is 0 Å². The fraction of sp³-hybridized carbons (Fsp3) is 0.500. The van der Waals surface area contributed by atoms with Crippen LogP contribution in [0.1, 0.15) is 11.5 Å². The molecule has 0 aliphatic carbocycles. The summed E-state index contributed by atoms with van der Waals surface area (Å²) in [5, 5.41) is -2.60. The Hall–Kier alpha value is -1.19. The SMILES string of the molecule is Cc1cc(C(F)(F)S(=O)(=O)C(F)(F)F)no1. The van der Waals surface area contributed by atoms with Crippen molar-refractivity contribution >= 4 is 9.84 Å². The van der Waals surface area contributed by atoms with Crippen LogP contribution in [0.15, 0.2) is 10.6 Å². The zero-order valence-electron chi connectivity index (χ0n) is 7.55. The lowest BCUT2D eigenvalue weighted by molar-refractivity contribution is -0.0579. The van der Waals surface area contributed by atoms with Gasteiger partial charge in [-0.25, -0.2) is 8.42 Å². The van der Waals surface area contributed by atoms with Crippen molar-refractivity contribution in [3.05, 3.63) is 17.5 Å². The number of hydrogen-bond donors (Lipinski definition) is 0. The Morgan fingerprint density at radius 1 is 1.25 bits per heavy atom. The summed E-state index contributed by atoms with van der Waals surface area (Å²) in [6, 6.07) is 0.420. The van der Waals surface area contributed by atoms with Crippen LogP contribution in [-0.2, 0) is 15.1 Å². The minimum absolute atomic E-state index is 0.230. The molecule has 0 bridgehead atoms. The number of rotatable bonds is 2. The van der Waals surface area contributed by atoms with Crippen LogP contribution in [0.2, 0.25) is 0 Å². The van der Waals surface area contributed by atoms with Gasteiger partial charge in [-0.1, -0.05) is 5.16 Å². The number of hydrogen-bond acceptors (Lipinski definition) is 4. The van der Waals surface area contributed by atoms with E-state index in [9.17, 15) is 30.4 Å². The molecule has 0 saturated carbocycles. The lowest BCUT2D eigenvalue weighted by atomic mass is 10.4. The first-order chi connectivity index (χ1) is 7.00. The van der Waals surface area contributed by atoms with Gasteiger partial charge in [0.2, 0.25) is 0 Å². The average molecular weight is 265 g/mol. The summed E-state index contributed by atoms with van der Waals surface area (Å²) in [6.45, 7) is 1.13. The van der Waals surface area contributed by atoms with E-state index in [4.69, 9.17) is 0 Å². The van der Waals surface area contributed by atoms with Crippen LogP contribution >= 0.6 is 0 Å². The van der Waals surface area contributed by atoms with Crippen molar-refractivity contribution in [1.82, 2.24) is 5.16 Å². The van der Waals surface area contributed by atoms with Crippen molar-refractivity contribution in [2.45, 2.75) is 17.7 Å².